The maximum atomic E-state index is 3.57. The highest BCUT2D eigenvalue weighted by Crippen LogP contribution is 2.13. The number of nitrogens with one attached hydrogen (secondary N) is 1. The second kappa shape index (κ2) is 10.4. The fraction of sp³-hybridized carbons (Fsp3) is 0.750. The lowest BCUT2D eigenvalue weighted by Gasteiger charge is -2.26. The van der Waals surface area contributed by atoms with Crippen molar-refractivity contribution in [3.63, 3.8) is 0 Å². The van der Waals surface area contributed by atoms with Crippen molar-refractivity contribution in [1.29, 1.82) is 0 Å². The zero-order chi connectivity index (χ0) is 13.9. The Labute approximate surface area is 123 Å². The molecule has 0 aliphatic rings. The fourth-order valence-corrected chi connectivity index (χ4v) is 2.88. The van der Waals surface area contributed by atoms with Crippen molar-refractivity contribution >= 4 is 11.3 Å². The molecule has 1 rings (SSSR count). The van der Waals surface area contributed by atoms with E-state index in [1.807, 2.05) is 11.3 Å². The highest BCUT2D eigenvalue weighted by atomic mass is 32.1. The molecule has 0 spiro atoms. The molecule has 0 bridgehead atoms. The summed E-state index contributed by atoms with van der Waals surface area (Å²) in [4.78, 5) is 4.02. The predicted molar refractivity (Wildman–Crippen MR) is 86.9 cm³/mol. The van der Waals surface area contributed by atoms with Gasteiger partial charge >= 0.3 is 0 Å². The summed E-state index contributed by atoms with van der Waals surface area (Å²) in [6, 6.07) is 4.99. The number of rotatable bonds is 11. The fourth-order valence-electron chi connectivity index (χ4n) is 2.15. The molecular formula is C16H30N2S. The Kier molecular flexibility index (Phi) is 9.14. The number of nitrogens with zero attached hydrogens (tertiary/aromatic N) is 1. The minimum Gasteiger partial charge on any atom is -0.315 e. The smallest absolute Gasteiger partial charge is 0.0331 e. The Morgan fingerprint density at radius 2 is 2.05 bits per heavy atom. The third-order valence-electron chi connectivity index (χ3n) is 3.45. The van der Waals surface area contributed by atoms with Gasteiger partial charge in [-0.15, -0.1) is 11.3 Å². The molecule has 0 amide bonds. The zero-order valence-corrected chi connectivity index (χ0v) is 13.6. The molecule has 0 saturated carbocycles. The van der Waals surface area contributed by atoms with E-state index in [1.54, 1.807) is 0 Å². The van der Waals surface area contributed by atoms with Crippen LogP contribution in [0.15, 0.2) is 17.5 Å². The summed E-state index contributed by atoms with van der Waals surface area (Å²) in [5.74, 6) is 0. The maximum absolute atomic E-state index is 3.57. The highest BCUT2D eigenvalue weighted by Gasteiger charge is 2.09. The Morgan fingerprint density at radius 3 is 2.68 bits per heavy atom. The lowest BCUT2D eigenvalue weighted by atomic mass is 10.2. The van der Waals surface area contributed by atoms with Crippen molar-refractivity contribution in [3.8, 4) is 0 Å². The van der Waals surface area contributed by atoms with Crippen LogP contribution in [0.5, 0.6) is 0 Å². The molecule has 0 unspecified atom stereocenters. The Hall–Kier alpha value is -0.380. The Bertz CT molecular complexity index is 296. The second-order valence-corrected chi connectivity index (χ2v) is 6.49. The first-order valence-corrected chi connectivity index (χ1v) is 8.59. The Balaban J connectivity index is 2.12. The molecule has 0 aliphatic carbocycles. The van der Waals surface area contributed by atoms with Crippen LogP contribution in [0.25, 0.3) is 0 Å². The quantitative estimate of drug-likeness (QED) is 0.614. The number of hydrogen-bond donors (Lipinski definition) is 1. The zero-order valence-electron chi connectivity index (χ0n) is 12.8. The van der Waals surface area contributed by atoms with Gasteiger partial charge in [0.2, 0.25) is 0 Å². The molecule has 3 heteroatoms. The molecule has 0 saturated heterocycles. The molecule has 0 radical (unpaired) electrons. The molecule has 1 heterocycles. The summed E-state index contributed by atoms with van der Waals surface area (Å²) in [5, 5.41) is 5.74. The van der Waals surface area contributed by atoms with E-state index in [0.717, 1.165) is 19.6 Å². The number of thiophene rings is 1. The minimum absolute atomic E-state index is 0.615. The van der Waals surface area contributed by atoms with Crippen LogP contribution in [0.4, 0.5) is 0 Å². The van der Waals surface area contributed by atoms with E-state index in [1.165, 1.54) is 37.1 Å². The molecule has 110 valence electrons. The van der Waals surface area contributed by atoms with Crippen LogP contribution in [0.3, 0.4) is 0 Å². The lowest BCUT2D eigenvalue weighted by Crippen LogP contribution is -2.36. The number of hydrogen-bond acceptors (Lipinski definition) is 3. The van der Waals surface area contributed by atoms with Crippen LogP contribution in [-0.2, 0) is 6.54 Å². The van der Waals surface area contributed by atoms with Gasteiger partial charge in [-0.3, -0.25) is 4.90 Å². The molecule has 0 aliphatic heterocycles. The SMILES string of the molecule is CCCCCCNCCN(Cc1cccs1)C(C)C. The third-order valence-corrected chi connectivity index (χ3v) is 4.31. The molecule has 1 N–H and O–H groups in total. The monoisotopic (exact) mass is 282 g/mol. The van der Waals surface area contributed by atoms with Crippen LogP contribution in [-0.4, -0.2) is 30.6 Å². The predicted octanol–water partition coefficient (Wildman–Crippen LogP) is 4.13. The van der Waals surface area contributed by atoms with E-state index in [2.05, 4.69) is 48.5 Å². The van der Waals surface area contributed by atoms with Crippen LogP contribution < -0.4 is 5.32 Å². The topological polar surface area (TPSA) is 15.3 Å². The first-order valence-electron chi connectivity index (χ1n) is 7.71. The van der Waals surface area contributed by atoms with Gasteiger partial charge in [0.25, 0.3) is 0 Å². The third kappa shape index (κ3) is 7.71. The van der Waals surface area contributed by atoms with Gasteiger partial charge in [0.1, 0.15) is 0 Å². The van der Waals surface area contributed by atoms with Gasteiger partial charge in [-0.2, -0.15) is 0 Å². The summed E-state index contributed by atoms with van der Waals surface area (Å²) in [6.45, 7) is 11.3. The molecule has 0 fully saturated rings. The van der Waals surface area contributed by atoms with E-state index in [-0.39, 0.29) is 0 Å². The van der Waals surface area contributed by atoms with Crippen LogP contribution in [0.1, 0.15) is 51.3 Å². The maximum Gasteiger partial charge on any atom is 0.0331 e. The highest BCUT2D eigenvalue weighted by molar-refractivity contribution is 7.09. The van der Waals surface area contributed by atoms with Crippen LogP contribution >= 0.6 is 11.3 Å². The molecule has 1 aromatic rings. The van der Waals surface area contributed by atoms with E-state index < -0.39 is 0 Å². The van der Waals surface area contributed by atoms with Crippen molar-refractivity contribution in [2.75, 3.05) is 19.6 Å². The van der Waals surface area contributed by atoms with Crippen LogP contribution in [0.2, 0.25) is 0 Å². The van der Waals surface area contributed by atoms with E-state index in [4.69, 9.17) is 0 Å². The standard InChI is InChI=1S/C16H30N2S/c1-4-5-6-7-10-17-11-12-18(15(2)3)14-16-9-8-13-19-16/h8-9,13,15,17H,4-7,10-12,14H2,1-3H3. The molecular weight excluding hydrogens is 252 g/mol. The molecule has 0 aromatic carbocycles. The first kappa shape index (κ1) is 16.7. The number of unbranched alkanes of at least 4 members (excludes halogenated alkanes) is 3. The van der Waals surface area contributed by atoms with Crippen molar-refractivity contribution in [2.45, 2.75) is 59.0 Å². The summed E-state index contributed by atoms with van der Waals surface area (Å²) in [6.07, 6.45) is 5.38. The average molecular weight is 282 g/mol. The van der Waals surface area contributed by atoms with Crippen molar-refractivity contribution in [1.82, 2.24) is 10.2 Å². The van der Waals surface area contributed by atoms with Gasteiger partial charge in [-0.05, 0) is 38.3 Å². The minimum atomic E-state index is 0.615. The molecule has 2 nitrogen and oxygen atoms in total. The van der Waals surface area contributed by atoms with E-state index in [9.17, 15) is 0 Å². The second-order valence-electron chi connectivity index (χ2n) is 5.45. The normalized spacial score (nSPS) is 11.6. The molecule has 0 atom stereocenters. The van der Waals surface area contributed by atoms with Gasteiger partial charge in [-0.25, -0.2) is 0 Å². The molecule has 19 heavy (non-hydrogen) atoms. The van der Waals surface area contributed by atoms with Gasteiger partial charge in [0.15, 0.2) is 0 Å². The summed E-state index contributed by atoms with van der Waals surface area (Å²) >= 11 is 1.86. The van der Waals surface area contributed by atoms with Crippen molar-refractivity contribution in [2.24, 2.45) is 0 Å². The summed E-state index contributed by atoms with van der Waals surface area (Å²) in [5.41, 5.74) is 0. The van der Waals surface area contributed by atoms with Crippen molar-refractivity contribution < 1.29 is 0 Å². The molecule has 1 aromatic heterocycles. The van der Waals surface area contributed by atoms with E-state index >= 15 is 0 Å². The van der Waals surface area contributed by atoms with Crippen LogP contribution in [0, 0.1) is 0 Å². The average Bonchev–Trinajstić information content (AvgIpc) is 2.89. The van der Waals surface area contributed by atoms with Gasteiger partial charge < -0.3 is 5.32 Å². The lowest BCUT2D eigenvalue weighted by molar-refractivity contribution is 0.215. The summed E-state index contributed by atoms with van der Waals surface area (Å²) < 4.78 is 0. The van der Waals surface area contributed by atoms with Gasteiger partial charge in [0.05, 0.1) is 0 Å². The van der Waals surface area contributed by atoms with Gasteiger partial charge in [-0.1, -0.05) is 32.3 Å². The van der Waals surface area contributed by atoms with Crippen molar-refractivity contribution in [3.05, 3.63) is 22.4 Å². The first-order chi connectivity index (χ1) is 9.24. The Morgan fingerprint density at radius 1 is 1.21 bits per heavy atom. The largest absolute Gasteiger partial charge is 0.315 e. The van der Waals surface area contributed by atoms with E-state index in [0.29, 0.717) is 6.04 Å². The van der Waals surface area contributed by atoms with Gasteiger partial charge in [0, 0.05) is 30.6 Å². The summed E-state index contributed by atoms with van der Waals surface area (Å²) in [7, 11) is 0.